The Morgan fingerprint density at radius 2 is 2.00 bits per heavy atom. The molecule has 0 fully saturated rings. The molecule has 0 spiro atoms. The zero-order valence-corrected chi connectivity index (χ0v) is 18.1. The zero-order chi connectivity index (χ0) is 22.8. The quantitative estimate of drug-likeness (QED) is 0.631. The van der Waals surface area contributed by atoms with E-state index in [1.807, 2.05) is 0 Å². The van der Waals surface area contributed by atoms with Gasteiger partial charge in [0.15, 0.2) is 0 Å². The highest BCUT2D eigenvalue weighted by atomic mass is 19.1. The lowest BCUT2D eigenvalue weighted by Crippen LogP contribution is -2.37. The number of nitrogens with one attached hydrogen (secondary N) is 2. The number of anilines is 1. The third-order valence-corrected chi connectivity index (χ3v) is 4.96. The highest BCUT2D eigenvalue weighted by molar-refractivity contribution is 5.96. The maximum atomic E-state index is 14.0. The van der Waals surface area contributed by atoms with Gasteiger partial charge in [0.2, 0.25) is 5.91 Å². The molecule has 0 saturated carbocycles. The lowest BCUT2D eigenvalue weighted by Gasteiger charge is -2.26. The summed E-state index contributed by atoms with van der Waals surface area (Å²) in [6.07, 6.45) is 0.378. The minimum atomic E-state index is -0.863. The maximum Gasteiger partial charge on any atom is 0.408 e. The minimum Gasteiger partial charge on any atom is -0.444 e. The minimum absolute atomic E-state index is 0.142. The van der Waals surface area contributed by atoms with Gasteiger partial charge in [-0.1, -0.05) is 6.92 Å². The van der Waals surface area contributed by atoms with E-state index in [1.165, 1.54) is 18.2 Å². The van der Waals surface area contributed by atoms with Crippen LogP contribution in [-0.2, 0) is 9.53 Å². The Bertz CT molecular complexity index is 974. The van der Waals surface area contributed by atoms with Crippen molar-refractivity contribution in [3.05, 3.63) is 48.0 Å². The van der Waals surface area contributed by atoms with Crippen LogP contribution in [0.3, 0.4) is 0 Å². The number of nitrogens with zero attached hydrogens (tertiary/aromatic N) is 1. The zero-order valence-electron chi connectivity index (χ0n) is 18.1. The van der Waals surface area contributed by atoms with Gasteiger partial charge in [0.1, 0.15) is 11.4 Å². The summed E-state index contributed by atoms with van der Waals surface area (Å²) in [5.74, 6) is -1.22. The predicted molar refractivity (Wildman–Crippen MR) is 115 cm³/mol. The third kappa shape index (κ3) is 6.01. The van der Waals surface area contributed by atoms with Gasteiger partial charge in [-0.05, 0) is 69.5 Å². The summed E-state index contributed by atoms with van der Waals surface area (Å²) in [7, 11) is 0. The number of alkyl carbamates (subject to hydrolysis) is 1. The first-order valence-corrected chi connectivity index (χ1v) is 10.3. The lowest BCUT2D eigenvalue weighted by molar-refractivity contribution is -0.120. The van der Waals surface area contributed by atoms with Crippen molar-refractivity contribution in [1.82, 2.24) is 10.3 Å². The number of aromatic nitrogens is 1. The van der Waals surface area contributed by atoms with Crippen LogP contribution in [0, 0.1) is 11.7 Å². The number of amides is 2. The normalized spacial score (nSPS) is 21.7. The second-order valence-corrected chi connectivity index (χ2v) is 8.87. The molecule has 3 N–H and O–H groups in total. The molecule has 1 aliphatic heterocycles. The van der Waals surface area contributed by atoms with Crippen LogP contribution < -0.4 is 10.6 Å². The molecule has 1 unspecified atom stereocenters. The molecule has 0 aliphatic carbocycles. The molecule has 166 valence electrons. The van der Waals surface area contributed by atoms with Crippen LogP contribution in [0.4, 0.5) is 14.9 Å². The van der Waals surface area contributed by atoms with Gasteiger partial charge in [0.25, 0.3) is 0 Å². The van der Waals surface area contributed by atoms with E-state index in [2.05, 4.69) is 15.6 Å². The number of carbonyl (C=O) groups is 2. The average Bonchev–Trinajstić information content (AvgIpc) is 2.66. The van der Waals surface area contributed by atoms with Crippen LogP contribution in [0.25, 0.3) is 11.1 Å². The molecule has 2 aromatic rings. The molecule has 2 bridgehead atoms. The lowest BCUT2D eigenvalue weighted by atomic mass is 9.94. The summed E-state index contributed by atoms with van der Waals surface area (Å²) >= 11 is 0. The van der Waals surface area contributed by atoms with Crippen LogP contribution in [0.5, 0.6) is 0 Å². The number of aliphatic hydroxyl groups is 1. The predicted octanol–water partition coefficient (Wildman–Crippen LogP) is 4.18. The van der Waals surface area contributed by atoms with Gasteiger partial charge in [0, 0.05) is 23.4 Å². The summed E-state index contributed by atoms with van der Waals surface area (Å²) in [5, 5.41) is 16.2. The SMILES string of the molecule is C[C@@H]1CC(O)C[C@H](NC(=O)OC(C)(C)C)c2cc(ccn2)-c2cc(F)ccc2NC1=O. The van der Waals surface area contributed by atoms with Crippen molar-refractivity contribution >= 4 is 17.7 Å². The van der Waals surface area contributed by atoms with Gasteiger partial charge in [-0.2, -0.15) is 0 Å². The molecular formula is C23H28FN3O4. The molecule has 1 aromatic heterocycles. The number of aliphatic hydroxyl groups excluding tert-OH is 1. The fourth-order valence-corrected chi connectivity index (χ4v) is 3.51. The number of benzene rings is 1. The number of halogens is 1. The second-order valence-electron chi connectivity index (χ2n) is 8.87. The van der Waals surface area contributed by atoms with Crippen molar-refractivity contribution in [2.75, 3.05) is 5.32 Å². The highest BCUT2D eigenvalue weighted by Gasteiger charge is 2.27. The third-order valence-electron chi connectivity index (χ3n) is 4.96. The molecule has 8 heteroatoms. The Morgan fingerprint density at radius 3 is 2.71 bits per heavy atom. The number of carbonyl (C=O) groups excluding carboxylic acids is 2. The summed E-state index contributed by atoms with van der Waals surface area (Å²) in [6.45, 7) is 6.98. The van der Waals surface area contributed by atoms with Gasteiger partial charge in [-0.25, -0.2) is 9.18 Å². The van der Waals surface area contributed by atoms with Crippen molar-refractivity contribution in [1.29, 1.82) is 0 Å². The Hall–Kier alpha value is -3.00. The van der Waals surface area contributed by atoms with Gasteiger partial charge in [0.05, 0.1) is 17.8 Å². The van der Waals surface area contributed by atoms with Gasteiger partial charge in [-0.15, -0.1) is 0 Å². The second kappa shape index (κ2) is 9.01. The molecule has 3 atom stereocenters. The number of hydrogen-bond acceptors (Lipinski definition) is 5. The Kier molecular flexibility index (Phi) is 6.59. The monoisotopic (exact) mass is 429 g/mol. The van der Waals surface area contributed by atoms with Crippen LogP contribution in [0.1, 0.15) is 52.3 Å². The van der Waals surface area contributed by atoms with Crippen LogP contribution in [-0.4, -0.2) is 33.8 Å². The maximum absolute atomic E-state index is 14.0. The van der Waals surface area contributed by atoms with Crippen molar-refractivity contribution in [3.8, 4) is 11.1 Å². The first-order valence-electron chi connectivity index (χ1n) is 10.3. The Labute approximate surface area is 181 Å². The first kappa shape index (κ1) is 22.7. The van der Waals surface area contributed by atoms with Crippen LogP contribution in [0.2, 0.25) is 0 Å². The number of hydrogen-bond donors (Lipinski definition) is 3. The number of rotatable bonds is 1. The van der Waals surface area contributed by atoms with Gasteiger partial charge < -0.3 is 20.5 Å². The molecule has 2 amide bonds. The topological polar surface area (TPSA) is 101 Å². The van der Waals surface area contributed by atoms with E-state index in [-0.39, 0.29) is 18.7 Å². The van der Waals surface area contributed by atoms with E-state index >= 15 is 0 Å². The number of fused-ring (bicyclic) bond motifs is 4. The summed E-state index contributed by atoms with van der Waals surface area (Å²) in [6, 6.07) is 6.88. The largest absolute Gasteiger partial charge is 0.444 e. The highest BCUT2D eigenvalue weighted by Crippen LogP contribution is 2.32. The van der Waals surface area contributed by atoms with Crippen molar-refractivity contribution in [3.63, 3.8) is 0 Å². The smallest absolute Gasteiger partial charge is 0.408 e. The van der Waals surface area contributed by atoms with E-state index in [0.29, 0.717) is 22.5 Å². The molecule has 2 heterocycles. The van der Waals surface area contributed by atoms with Crippen molar-refractivity contribution in [2.24, 2.45) is 5.92 Å². The van der Waals surface area contributed by atoms with Gasteiger partial charge in [-0.3, -0.25) is 9.78 Å². The number of pyridine rings is 1. The molecule has 31 heavy (non-hydrogen) atoms. The van der Waals surface area contributed by atoms with Crippen molar-refractivity contribution < 1.29 is 23.8 Å². The summed E-state index contributed by atoms with van der Waals surface area (Å²) in [5.41, 5.74) is 1.39. The first-order chi connectivity index (χ1) is 14.5. The van der Waals surface area contributed by atoms with E-state index < -0.39 is 35.6 Å². The molecule has 3 rings (SSSR count). The summed E-state index contributed by atoms with van der Waals surface area (Å²) < 4.78 is 19.4. The molecule has 1 aliphatic rings. The van der Waals surface area contributed by atoms with E-state index in [1.54, 1.807) is 46.0 Å². The molecular weight excluding hydrogens is 401 g/mol. The average molecular weight is 429 g/mol. The van der Waals surface area contributed by atoms with E-state index in [9.17, 15) is 19.1 Å². The van der Waals surface area contributed by atoms with E-state index in [4.69, 9.17) is 4.74 Å². The molecule has 1 aromatic carbocycles. The Balaban J connectivity index is 2.05. The molecule has 7 nitrogen and oxygen atoms in total. The fourth-order valence-electron chi connectivity index (χ4n) is 3.51. The number of ether oxygens (including phenoxy) is 1. The Morgan fingerprint density at radius 1 is 1.26 bits per heavy atom. The van der Waals surface area contributed by atoms with E-state index in [0.717, 1.165) is 0 Å². The van der Waals surface area contributed by atoms with Crippen molar-refractivity contribution in [2.45, 2.75) is 58.3 Å². The van der Waals surface area contributed by atoms with Crippen LogP contribution in [0.15, 0.2) is 36.5 Å². The fraction of sp³-hybridized carbons (Fsp3) is 0.435. The summed E-state index contributed by atoms with van der Waals surface area (Å²) in [4.78, 5) is 29.4. The van der Waals surface area contributed by atoms with Crippen LogP contribution >= 0.6 is 0 Å². The van der Waals surface area contributed by atoms with Gasteiger partial charge >= 0.3 is 6.09 Å². The molecule has 0 saturated heterocycles. The molecule has 0 radical (unpaired) electrons. The standard InChI is InChI=1S/C23H28FN3O4/c1-13-9-16(28)12-20(27-22(30)31-23(2,3)4)19-10-14(7-8-25-19)17-11-15(24)5-6-18(17)26-21(13)29/h5-8,10-11,13,16,20,28H,9,12H2,1-4H3,(H,26,29)(H,27,30)/t13-,16?,20+/m1/s1.